The number of amidine groups is 1. The van der Waals surface area contributed by atoms with Crippen LogP contribution in [0.1, 0.15) is 11.1 Å². The van der Waals surface area contributed by atoms with E-state index in [1.807, 2.05) is 36.4 Å². The molecule has 0 fully saturated rings. The molecular formula is C16H17N3O2. The minimum Gasteiger partial charge on any atom is -0.496 e. The van der Waals surface area contributed by atoms with E-state index >= 15 is 0 Å². The van der Waals surface area contributed by atoms with Gasteiger partial charge < -0.3 is 14.8 Å². The predicted molar refractivity (Wildman–Crippen MR) is 81.0 cm³/mol. The summed E-state index contributed by atoms with van der Waals surface area (Å²) in [6.07, 6.45) is 1.72. The van der Waals surface area contributed by atoms with E-state index in [0.717, 1.165) is 35.8 Å². The second-order valence-corrected chi connectivity index (χ2v) is 4.61. The third-order valence-electron chi connectivity index (χ3n) is 3.26. The van der Waals surface area contributed by atoms with Crippen LogP contribution >= 0.6 is 0 Å². The number of hydrogen-bond donors (Lipinski definition) is 1. The molecule has 0 amide bonds. The van der Waals surface area contributed by atoms with E-state index in [-0.39, 0.29) is 0 Å². The van der Waals surface area contributed by atoms with Crippen LogP contribution in [0.15, 0.2) is 47.6 Å². The summed E-state index contributed by atoms with van der Waals surface area (Å²) in [5, 5.41) is 3.24. The summed E-state index contributed by atoms with van der Waals surface area (Å²) in [7, 11) is 1.65. The Morgan fingerprint density at radius 2 is 2.10 bits per heavy atom. The molecule has 0 atom stereocenters. The van der Waals surface area contributed by atoms with Gasteiger partial charge in [0, 0.05) is 18.3 Å². The zero-order valence-corrected chi connectivity index (χ0v) is 11.9. The highest BCUT2D eigenvalue weighted by molar-refractivity contribution is 6.01. The number of nitrogens with one attached hydrogen (secondary N) is 1. The SMILES string of the molecule is COc1ccccc1COc1ncccc1C1=NCCN1. The fraction of sp³-hybridized carbons (Fsp3) is 0.250. The molecule has 0 saturated heterocycles. The molecule has 0 radical (unpaired) electrons. The van der Waals surface area contributed by atoms with Crippen LogP contribution in [-0.2, 0) is 6.61 Å². The van der Waals surface area contributed by atoms with Crippen molar-refractivity contribution in [2.24, 2.45) is 4.99 Å². The lowest BCUT2D eigenvalue weighted by atomic mass is 10.2. The van der Waals surface area contributed by atoms with Crippen LogP contribution < -0.4 is 14.8 Å². The maximum atomic E-state index is 5.87. The zero-order valence-electron chi connectivity index (χ0n) is 11.9. The molecule has 2 heterocycles. The number of pyridine rings is 1. The number of benzene rings is 1. The Morgan fingerprint density at radius 3 is 2.90 bits per heavy atom. The Labute approximate surface area is 123 Å². The summed E-state index contributed by atoms with van der Waals surface area (Å²) in [6, 6.07) is 11.6. The molecule has 0 bridgehead atoms. The smallest absolute Gasteiger partial charge is 0.224 e. The Kier molecular flexibility index (Phi) is 4.00. The predicted octanol–water partition coefficient (Wildman–Crippen LogP) is 2.02. The molecular weight excluding hydrogens is 266 g/mol. The second kappa shape index (κ2) is 6.26. The lowest BCUT2D eigenvalue weighted by Crippen LogP contribution is -2.20. The average Bonchev–Trinajstić information content (AvgIpc) is 3.08. The van der Waals surface area contributed by atoms with Crippen molar-refractivity contribution in [2.75, 3.05) is 20.2 Å². The van der Waals surface area contributed by atoms with Crippen molar-refractivity contribution < 1.29 is 9.47 Å². The van der Waals surface area contributed by atoms with Crippen LogP contribution in [0.25, 0.3) is 0 Å². The minimum atomic E-state index is 0.404. The molecule has 0 saturated carbocycles. The number of nitrogens with zero attached hydrogens (tertiary/aromatic N) is 2. The zero-order chi connectivity index (χ0) is 14.5. The maximum Gasteiger partial charge on any atom is 0.224 e. The van der Waals surface area contributed by atoms with E-state index in [9.17, 15) is 0 Å². The molecule has 3 rings (SSSR count). The molecule has 5 heteroatoms. The molecule has 0 spiro atoms. The first kappa shape index (κ1) is 13.4. The first-order valence-corrected chi connectivity index (χ1v) is 6.87. The van der Waals surface area contributed by atoms with Crippen molar-refractivity contribution in [3.8, 4) is 11.6 Å². The summed E-state index contributed by atoms with van der Waals surface area (Å²) in [6.45, 7) is 2.05. The van der Waals surface area contributed by atoms with E-state index in [0.29, 0.717) is 12.5 Å². The number of rotatable bonds is 5. The maximum absolute atomic E-state index is 5.87. The van der Waals surface area contributed by atoms with Gasteiger partial charge in [-0.1, -0.05) is 18.2 Å². The number of hydrogen-bond acceptors (Lipinski definition) is 5. The molecule has 1 N–H and O–H groups in total. The standard InChI is InChI=1S/C16H17N3O2/c1-20-14-7-3-2-5-12(14)11-21-16-13(6-4-8-19-16)15-17-9-10-18-15/h2-8H,9-11H2,1H3,(H,17,18). The van der Waals surface area contributed by atoms with Crippen LogP contribution in [0.4, 0.5) is 0 Å². The van der Waals surface area contributed by atoms with E-state index in [2.05, 4.69) is 15.3 Å². The largest absolute Gasteiger partial charge is 0.496 e. The van der Waals surface area contributed by atoms with E-state index in [4.69, 9.17) is 9.47 Å². The van der Waals surface area contributed by atoms with Gasteiger partial charge in [-0.2, -0.15) is 0 Å². The number of methoxy groups -OCH3 is 1. The highest BCUT2D eigenvalue weighted by atomic mass is 16.5. The lowest BCUT2D eigenvalue weighted by molar-refractivity contribution is 0.285. The fourth-order valence-corrected chi connectivity index (χ4v) is 2.23. The van der Waals surface area contributed by atoms with Crippen molar-refractivity contribution in [2.45, 2.75) is 6.61 Å². The first-order chi connectivity index (χ1) is 10.4. The van der Waals surface area contributed by atoms with Gasteiger partial charge in [-0.3, -0.25) is 4.99 Å². The lowest BCUT2D eigenvalue weighted by Gasteiger charge is -2.12. The van der Waals surface area contributed by atoms with Gasteiger partial charge in [0.05, 0.1) is 19.2 Å². The topological polar surface area (TPSA) is 55.7 Å². The van der Waals surface area contributed by atoms with Gasteiger partial charge in [0.1, 0.15) is 18.2 Å². The van der Waals surface area contributed by atoms with Gasteiger partial charge in [-0.05, 0) is 18.2 Å². The minimum absolute atomic E-state index is 0.404. The third-order valence-corrected chi connectivity index (χ3v) is 3.26. The van der Waals surface area contributed by atoms with Crippen molar-refractivity contribution in [1.29, 1.82) is 0 Å². The summed E-state index contributed by atoms with van der Waals surface area (Å²) in [5.41, 5.74) is 1.88. The number of ether oxygens (including phenoxy) is 2. The van der Waals surface area contributed by atoms with E-state index in [1.165, 1.54) is 0 Å². The highest BCUT2D eigenvalue weighted by Gasteiger charge is 2.14. The molecule has 0 unspecified atom stereocenters. The third kappa shape index (κ3) is 2.97. The Hall–Kier alpha value is -2.56. The summed E-state index contributed by atoms with van der Waals surface area (Å²) >= 11 is 0. The van der Waals surface area contributed by atoms with Gasteiger partial charge in [-0.15, -0.1) is 0 Å². The van der Waals surface area contributed by atoms with E-state index < -0.39 is 0 Å². The van der Waals surface area contributed by atoms with Crippen LogP contribution in [0.3, 0.4) is 0 Å². The van der Waals surface area contributed by atoms with E-state index in [1.54, 1.807) is 13.3 Å². The first-order valence-electron chi connectivity index (χ1n) is 6.87. The molecule has 0 aliphatic carbocycles. The van der Waals surface area contributed by atoms with Crippen LogP contribution in [0, 0.1) is 0 Å². The number of aromatic nitrogens is 1. The second-order valence-electron chi connectivity index (χ2n) is 4.61. The quantitative estimate of drug-likeness (QED) is 0.912. The Bertz CT molecular complexity index is 655. The summed E-state index contributed by atoms with van der Waals surface area (Å²) < 4.78 is 11.2. The van der Waals surface area contributed by atoms with Gasteiger partial charge >= 0.3 is 0 Å². The Morgan fingerprint density at radius 1 is 1.19 bits per heavy atom. The molecule has 1 aromatic carbocycles. The van der Waals surface area contributed by atoms with Crippen LogP contribution in [0.2, 0.25) is 0 Å². The fourth-order valence-electron chi connectivity index (χ4n) is 2.23. The van der Waals surface area contributed by atoms with Gasteiger partial charge in [0.25, 0.3) is 0 Å². The molecule has 21 heavy (non-hydrogen) atoms. The normalized spacial score (nSPS) is 13.5. The summed E-state index contributed by atoms with van der Waals surface area (Å²) in [4.78, 5) is 8.73. The van der Waals surface area contributed by atoms with Crippen molar-refractivity contribution in [1.82, 2.24) is 10.3 Å². The molecule has 2 aromatic rings. The van der Waals surface area contributed by atoms with Gasteiger partial charge in [0.2, 0.25) is 5.88 Å². The van der Waals surface area contributed by atoms with Gasteiger partial charge in [0.15, 0.2) is 0 Å². The van der Waals surface area contributed by atoms with Crippen molar-refractivity contribution in [3.05, 3.63) is 53.7 Å². The molecule has 108 valence electrons. The highest BCUT2D eigenvalue weighted by Crippen LogP contribution is 2.21. The molecule has 1 aliphatic heterocycles. The molecule has 5 nitrogen and oxygen atoms in total. The van der Waals surface area contributed by atoms with Crippen LogP contribution in [0.5, 0.6) is 11.6 Å². The summed E-state index contributed by atoms with van der Waals surface area (Å²) in [5.74, 6) is 2.24. The number of aliphatic imine (C=N–C) groups is 1. The Balaban J connectivity index is 1.79. The monoisotopic (exact) mass is 283 g/mol. The van der Waals surface area contributed by atoms with Crippen LogP contribution in [-0.4, -0.2) is 31.0 Å². The average molecular weight is 283 g/mol. The van der Waals surface area contributed by atoms with Gasteiger partial charge in [-0.25, -0.2) is 4.98 Å². The van der Waals surface area contributed by atoms with Crippen molar-refractivity contribution in [3.63, 3.8) is 0 Å². The molecule has 1 aromatic heterocycles. The number of para-hydroxylation sites is 1. The molecule has 1 aliphatic rings. The van der Waals surface area contributed by atoms with Crippen molar-refractivity contribution >= 4 is 5.84 Å².